The quantitative estimate of drug-likeness (QED) is 0.901. The molecule has 0 radical (unpaired) electrons. The number of hydrogen-bond donors (Lipinski definition) is 1. The Hall–Kier alpha value is -1.89. The molecule has 0 bridgehead atoms. The summed E-state index contributed by atoms with van der Waals surface area (Å²) < 4.78 is 1.91. The Labute approximate surface area is 120 Å². The van der Waals surface area contributed by atoms with Gasteiger partial charge in [0.15, 0.2) is 4.96 Å². The largest absolute Gasteiger partial charge is 0.354 e. The zero-order valence-corrected chi connectivity index (χ0v) is 12.0. The highest BCUT2D eigenvalue weighted by atomic mass is 32.1. The van der Waals surface area contributed by atoms with Crippen molar-refractivity contribution in [3.63, 3.8) is 0 Å². The van der Waals surface area contributed by atoms with Crippen LogP contribution < -0.4 is 5.32 Å². The first-order chi connectivity index (χ1) is 9.69. The lowest BCUT2D eigenvalue weighted by molar-refractivity contribution is -0.138. The summed E-state index contributed by atoms with van der Waals surface area (Å²) in [5.74, 6) is -0.0914. The third-order valence-electron chi connectivity index (χ3n) is 3.53. The molecule has 3 rings (SSSR count). The molecule has 1 aliphatic heterocycles. The van der Waals surface area contributed by atoms with Gasteiger partial charge in [0.2, 0.25) is 11.8 Å². The average molecular weight is 292 g/mol. The molecule has 7 heteroatoms. The average Bonchev–Trinajstić information content (AvgIpc) is 3.07. The van der Waals surface area contributed by atoms with Gasteiger partial charge in [0, 0.05) is 30.9 Å². The second-order valence-electron chi connectivity index (χ2n) is 4.78. The molecule has 0 aromatic carbocycles. The summed E-state index contributed by atoms with van der Waals surface area (Å²) in [4.78, 5) is 31.0. The highest BCUT2D eigenvalue weighted by Gasteiger charge is 2.32. The number of aromatic nitrogens is 2. The fraction of sp³-hybridized carbons (Fsp3) is 0.462. The minimum atomic E-state index is -0.323. The Balaban J connectivity index is 1.73. The number of imidazole rings is 1. The van der Waals surface area contributed by atoms with E-state index in [4.69, 9.17) is 0 Å². The maximum atomic E-state index is 12.4. The van der Waals surface area contributed by atoms with Gasteiger partial charge in [-0.25, -0.2) is 4.98 Å². The number of thiazole rings is 1. The summed E-state index contributed by atoms with van der Waals surface area (Å²) in [7, 11) is 0. The molecule has 1 aliphatic rings. The molecule has 0 spiro atoms. The van der Waals surface area contributed by atoms with Crippen molar-refractivity contribution < 1.29 is 9.59 Å². The van der Waals surface area contributed by atoms with Crippen LogP contribution in [0.5, 0.6) is 0 Å². The number of carbonyl (C=O) groups is 2. The molecule has 0 aliphatic carbocycles. The number of amides is 2. The molecule has 0 unspecified atom stereocenters. The summed E-state index contributed by atoms with van der Waals surface area (Å²) in [5.41, 5.74) is 0.749. The van der Waals surface area contributed by atoms with Gasteiger partial charge in [-0.15, -0.1) is 11.3 Å². The van der Waals surface area contributed by atoms with E-state index < -0.39 is 0 Å². The van der Waals surface area contributed by atoms with Crippen LogP contribution in [0.15, 0.2) is 17.8 Å². The van der Waals surface area contributed by atoms with Crippen LogP contribution >= 0.6 is 11.3 Å². The molecular weight excluding hydrogens is 276 g/mol. The fourth-order valence-electron chi connectivity index (χ4n) is 2.57. The second kappa shape index (κ2) is 5.24. The number of fused-ring (bicyclic) bond motifs is 1. The summed E-state index contributed by atoms with van der Waals surface area (Å²) in [6.07, 6.45) is 4.72. The lowest BCUT2D eigenvalue weighted by Crippen LogP contribution is -2.45. The Bertz CT molecular complexity index is 619. The Morgan fingerprint density at radius 2 is 2.50 bits per heavy atom. The van der Waals surface area contributed by atoms with E-state index in [1.165, 1.54) is 11.3 Å². The van der Waals surface area contributed by atoms with Crippen molar-refractivity contribution in [3.8, 4) is 0 Å². The van der Waals surface area contributed by atoms with Crippen LogP contribution in [0.3, 0.4) is 0 Å². The SMILES string of the molecule is CCN(C(=O)Cc1cn2ccsc2n1)[C@@H]1CCNC1=O. The molecule has 1 saturated heterocycles. The van der Waals surface area contributed by atoms with E-state index in [-0.39, 0.29) is 24.3 Å². The molecule has 1 atom stereocenters. The van der Waals surface area contributed by atoms with Crippen LogP contribution in [0.25, 0.3) is 4.96 Å². The minimum absolute atomic E-state index is 0.0414. The van der Waals surface area contributed by atoms with Crippen LogP contribution in [0, 0.1) is 0 Å². The molecule has 3 heterocycles. The monoisotopic (exact) mass is 292 g/mol. The van der Waals surface area contributed by atoms with E-state index in [0.717, 1.165) is 10.7 Å². The lowest BCUT2D eigenvalue weighted by atomic mass is 10.2. The van der Waals surface area contributed by atoms with Crippen molar-refractivity contribution in [3.05, 3.63) is 23.5 Å². The van der Waals surface area contributed by atoms with Crippen molar-refractivity contribution in [2.75, 3.05) is 13.1 Å². The predicted molar refractivity (Wildman–Crippen MR) is 75.6 cm³/mol. The molecule has 0 saturated carbocycles. The van der Waals surface area contributed by atoms with E-state index in [2.05, 4.69) is 10.3 Å². The number of carbonyl (C=O) groups excluding carboxylic acids is 2. The molecule has 1 fully saturated rings. The first-order valence-corrected chi connectivity index (χ1v) is 7.55. The second-order valence-corrected chi connectivity index (χ2v) is 5.65. The minimum Gasteiger partial charge on any atom is -0.354 e. The van der Waals surface area contributed by atoms with E-state index in [1.807, 2.05) is 29.1 Å². The van der Waals surface area contributed by atoms with Crippen molar-refractivity contribution in [2.45, 2.75) is 25.8 Å². The number of nitrogens with one attached hydrogen (secondary N) is 1. The Morgan fingerprint density at radius 3 is 3.15 bits per heavy atom. The third-order valence-corrected chi connectivity index (χ3v) is 4.30. The van der Waals surface area contributed by atoms with Gasteiger partial charge in [-0.3, -0.25) is 14.0 Å². The molecule has 2 aromatic rings. The van der Waals surface area contributed by atoms with Crippen LogP contribution in [-0.2, 0) is 16.0 Å². The van der Waals surface area contributed by atoms with Gasteiger partial charge in [0.25, 0.3) is 0 Å². The molecule has 6 nitrogen and oxygen atoms in total. The van der Waals surface area contributed by atoms with Gasteiger partial charge < -0.3 is 10.2 Å². The zero-order chi connectivity index (χ0) is 14.1. The van der Waals surface area contributed by atoms with Gasteiger partial charge in [0.05, 0.1) is 12.1 Å². The summed E-state index contributed by atoms with van der Waals surface area (Å²) in [6.45, 7) is 3.09. The van der Waals surface area contributed by atoms with Crippen LogP contribution in [0.1, 0.15) is 19.0 Å². The zero-order valence-electron chi connectivity index (χ0n) is 11.2. The molecule has 2 aromatic heterocycles. The molecular formula is C13H16N4O2S. The van der Waals surface area contributed by atoms with Crippen molar-refractivity contribution in [2.24, 2.45) is 0 Å². The van der Waals surface area contributed by atoms with E-state index >= 15 is 0 Å². The van der Waals surface area contributed by atoms with Crippen molar-refractivity contribution >= 4 is 28.1 Å². The summed E-state index contributed by atoms with van der Waals surface area (Å²) in [5, 5.41) is 4.72. The molecule has 106 valence electrons. The van der Waals surface area contributed by atoms with Gasteiger partial charge >= 0.3 is 0 Å². The van der Waals surface area contributed by atoms with Crippen LogP contribution in [-0.4, -0.2) is 45.2 Å². The first kappa shape index (κ1) is 13.1. The van der Waals surface area contributed by atoms with Gasteiger partial charge in [-0.05, 0) is 13.3 Å². The number of nitrogens with zero attached hydrogens (tertiary/aromatic N) is 3. The number of rotatable bonds is 4. The smallest absolute Gasteiger partial charge is 0.242 e. The fourth-order valence-corrected chi connectivity index (χ4v) is 3.29. The maximum absolute atomic E-state index is 12.4. The Kier molecular flexibility index (Phi) is 3.43. The number of likely N-dealkylation sites (N-methyl/N-ethyl adjacent to an activating group) is 1. The van der Waals surface area contributed by atoms with Gasteiger partial charge in [-0.2, -0.15) is 0 Å². The van der Waals surface area contributed by atoms with Gasteiger partial charge in [0.1, 0.15) is 6.04 Å². The van der Waals surface area contributed by atoms with Crippen LogP contribution in [0.2, 0.25) is 0 Å². The molecule has 2 amide bonds. The Morgan fingerprint density at radius 1 is 1.65 bits per heavy atom. The summed E-state index contributed by atoms with van der Waals surface area (Å²) in [6, 6.07) is -0.323. The molecule has 1 N–H and O–H groups in total. The van der Waals surface area contributed by atoms with E-state index in [1.54, 1.807) is 4.90 Å². The van der Waals surface area contributed by atoms with Gasteiger partial charge in [-0.1, -0.05) is 0 Å². The highest BCUT2D eigenvalue weighted by Crippen LogP contribution is 2.15. The van der Waals surface area contributed by atoms with E-state index in [9.17, 15) is 9.59 Å². The normalized spacial score (nSPS) is 18.4. The van der Waals surface area contributed by atoms with Crippen molar-refractivity contribution in [1.82, 2.24) is 19.6 Å². The number of hydrogen-bond acceptors (Lipinski definition) is 4. The topological polar surface area (TPSA) is 66.7 Å². The van der Waals surface area contributed by atoms with Crippen LogP contribution in [0.4, 0.5) is 0 Å². The lowest BCUT2D eigenvalue weighted by Gasteiger charge is -2.25. The van der Waals surface area contributed by atoms with E-state index in [0.29, 0.717) is 19.5 Å². The van der Waals surface area contributed by atoms with Crippen molar-refractivity contribution in [1.29, 1.82) is 0 Å². The maximum Gasteiger partial charge on any atom is 0.242 e. The predicted octanol–water partition coefficient (Wildman–Crippen LogP) is 0.675. The third kappa shape index (κ3) is 2.29. The first-order valence-electron chi connectivity index (χ1n) is 6.67. The summed E-state index contributed by atoms with van der Waals surface area (Å²) >= 11 is 1.54. The highest BCUT2D eigenvalue weighted by molar-refractivity contribution is 7.15. The standard InChI is InChI=1S/C13H16N4O2S/c1-2-17(10-3-4-14-12(10)19)11(18)7-9-8-16-5-6-20-13(16)15-9/h5-6,8,10H,2-4,7H2,1H3,(H,14,19)/t10-/m1/s1. The molecule has 20 heavy (non-hydrogen) atoms.